The van der Waals surface area contributed by atoms with Crippen LogP contribution in [-0.4, -0.2) is 28.9 Å². The number of hydrogen-bond acceptors (Lipinski definition) is 3. The maximum atomic E-state index is 13.6. The molecule has 122 valence electrons. The van der Waals surface area contributed by atoms with E-state index in [4.69, 9.17) is 11.6 Å². The quantitative estimate of drug-likeness (QED) is 0.848. The van der Waals surface area contributed by atoms with Crippen LogP contribution >= 0.6 is 11.6 Å². The number of rotatable bonds is 5. The van der Waals surface area contributed by atoms with Gasteiger partial charge >= 0.3 is 0 Å². The minimum absolute atomic E-state index is 0.177. The second kappa shape index (κ2) is 7.48. The highest BCUT2D eigenvalue weighted by molar-refractivity contribution is 6.29. The molecule has 0 aliphatic rings. The van der Waals surface area contributed by atoms with E-state index in [1.807, 2.05) is 6.07 Å². The van der Waals surface area contributed by atoms with Gasteiger partial charge in [0, 0.05) is 18.8 Å². The molecule has 0 aliphatic heterocycles. The standard InChI is InChI=1S/C16H16ClF2N3O/c1-10(22(2)9-11-3-6-15(17)20-8-11)16(23)21-14-7-12(18)4-5-13(14)19/h3-8,10H,9H2,1-2H3,(H,21,23)/t10-/m1/s1. The molecule has 2 rings (SSSR count). The van der Waals surface area contributed by atoms with E-state index in [0.717, 1.165) is 23.8 Å². The van der Waals surface area contributed by atoms with E-state index in [0.29, 0.717) is 11.7 Å². The summed E-state index contributed by atoms with van der Waals surface area (Å²) in [6.45, 7) is 2.14. The number of carbonyl (C=O) groups excluding carboxylic acids is 1. The number of pyridine rings is 1. The molecule has 1 N–H and O–H groups in total. The predicted molar refractivity (Wildman–Crippen MR) is 85.2 cm³/mol. The Balaban J connectivity index is 2.00. The van der Waals surface area contributed by atoms with Gasteiger partial charge in [0.1, 0.15) is 16.8 Å². The highest BCUT2D eigenvalue weighted by atomic mass is 35.5. The lowest BCUT2D eigenvalue weighted by molar-refractivity contribution is -0.120. The van der Waals surface area contributed by atoms with Gasteiger partial charge in [-0.15, -0.1) is 0 Å². The fourth-order valence-electron chi connectivity index (χ4n) is 1.96. The largest absolute Gasteiger partial charge is 0.322 e. The summed E-state index contributed by atoms with van der Waals surface area (Å²) >= 11 is 5.72. The molecule has 1 amide bonds. The Morgan fingerprint density at radius 1 is 1.35 bits per heavy atom. The van der Waals surface area contributed by atoms with Gasteiger partial charge in [0.05, 0.1) is 11.7 Å². The normalized spacial score (nSPS) is 12.3. The molecule has 0 spiro atoms. The lowest BCUT2D eigenvalue weighted by atomic mass is 10.2. The number of nitrogens with zero attached hydrogens (tertiary/aromatic N) is 2. The molecule has 23 heavy (non-hydrogen) atoms. The average molecular weight is 340 g/mol. The molecule has 0 fully saturated rings. The molecule has 0 unspecified atom stereocenters. The van der Waals surface area contributed by atoms with E-state index in [9.17, 15) is 13.6 Å². The van der Waals surface area contributed by atoms with Crippen molar-refractivity contribution in [2.75, 3.05) is 12.4 Å². The molecule has 0 bridgehead atoms. The number of halogens is 3. The van der Waals surface area contributed by atoms with Crippen LogP contribution in [0.15, 0.2) is 36.5 Å². The summed E-state index contributed by atoms with van der Waals surface area (Å²) in [5, 5.41) is 2.79. The minimum atomic E-state index is -0.684. The van der Waals surface area contributed by atoms with E-state index in [-0.39, 0.29) is 5.69 Å². The summed E-state index contributed by atoms with van der Waals surface area (Å²) in [5.74, 6) is -1.73. The fourth-order valence-corrected chi connectivity index (χ4v) is 2.07. The Bertz CT molecular complexity index is 694. The van der Waals surface area contributed by atoms with Crippen molar-refractivity contribution in [2.24, 2.45) is 0 Å². The minimum Gasteiger partial charge on any atom is -0.322 e. The van der Waals surface area contributed by atoms with E-state index in [1.54, 1.807) is 31.1 Å². The maximum absolute atomic E-state index is 13.6. The van der Waals surface area contributed by atoms with Crippen LogP contribution in [0, 0.1) is 11.6 Å². The summed E-state index contributed by atoms with van der Waals surface area (Å²) in [4.78, 5) is 17.9. The van der Waals surface area contributed by atoms with Gasteiger partial charge in [-0.25, -0.2) is 13.8 Å². The molecular weight excluding hydrogens is 324 g/mol. The summed E-state index contributed by atoms with van der Waals surface area (Å²) in [5.41, 5.74) is 0.705. The number of anilines is 1. The predicted octanol–water partition coefficient (Wildman–Crippen LogP) is 3.47. The molecule has 1 aromatic carbocycles. The van der Waals surface area contributed by atoms with E-state index in [1.165, 1.54) is 0 Å². The molecule has 7 heteroatoms. The number of aromatic nitrogens is 1. The fraction of sp³-hybridized carbons (Fsp3) is 0.250. The molecule has 0 radical (unpaired) electrons. The van der Waals surface area contributed by atoms with Crippen LogP contribution in [-0.2, 0) is 11.3 Å². The summed E-state index contributed by atoms with van der Waals surface area (Å²) in [6.07, 6.45) is 1.62. The number of carbonyl (C=O) groups is 1. The van der Waals surface area contributed by atoms with Gasteiger partial charge in [0.15, 0.2) is 0 Å². The zero-order valence-electron chi connectivity index (χ0n) is 12.7. The summed E-state index contributed by atoms with van der Waals surface area (Å²) < 4.78 is 26.7. The van der Waals surface area contributed by atoms with Crippen molar-refractivity contribution in [1.29, 1.82) is 0 Å². The van der Waals surface area contributed by atoms with Crippen LogP contribution in [0.1, 0.15) is 12.5 Å². The first kappa shape index (κ1) is 17.3. The Morgan fingerprint density at radius 3 is 2.74 bits per heavy atom. The molecule has 4 nitrogen and oxygen atoms in total. The van der Waals surface area contributed by atoms with Gasteiger partial charge in [-0.2, -0.15) is 0 Å². The molecule has 0 aliphatic carbocycles. The molecule has 1 atom stereocenters. The zero-order chi connectivity index (χ0) is 17.0. The molecule has 1 aromatic heterocycles. The van der Waals surface area contributed by atoms with Gasteiger partial charge in [-0.3, -0.25) is 9.69 Å². The van der Waals surface area contributed by atoms with Crippen LogP contribution in [0.25, 0.3) is 0 Å². The first-order chi connectivity index (χ1) is 10.9. The van der Waals surface area contributed by atoms with Crippen molar-refractivity contribution in [3.63, 3.8) is 0 Å². The van der Waals surface area contributed by atoms with Crippen molar-refractivity contribution in [3.8, 4) is 0 Å². The van der Waals surface area contributed by atoms with Crippen molar-refractivity contribution in [1.82, 2.24) is 9.88 Å². The van der Waals surface area contributed by atoms with Crippen LogP contribution in [0.3, 0.4) is 0 Å². The number of benzene rings is 1. The van der Waals surface area contributed by atoms with Crippen molar-refractivity contribution in [3.05, 3.63) is 58.9 Å². The first-order valence-corrected chi connectivity index (χ1v) is 7.31. The van der Waals surface area contributed by atoms with Crippen LogP contribution in [0.5, 0.6) is 0 Å². The summed E-state index contributed by atoms with van der Waals surface area (Å²) in [7, 11) is 1.75. The monoisotopic (exact) mass is 339 g/mol. The third-order valence-electron chi connectivity index (χ3n) is 3.45. The number of nitrogens with one attached hydrogen (secondary N) is 1. The van der Waals surface area contributed by atoms with Crippen molar-refractivity contribution < 1.29 is 13.6 Å². The third-order valence-corrected chi connectivity index (χ3v) is 3.67. The molecular formula is C16H16ClF2N3O. The number of hydrogen-bond donors (Lipinski definition) is 1. The Hall–Kier alpha value is -2.05. The maximum Gasteiger partial charge on any atom is 0.241 e. The second-order valence-electron chi connectivity index (χ2n) is 5.19. The zero-order valence-corrected chi connectivity index (χ0v) is 13.4. The lowest BCUT2D eigenvalue weighted by Crippen LogP contribution is -2.39. The van der Waals surface area contributed by atoms with E-state index < -0.39 is 23.6 Å². The molecule has 2 aromatic rings. The lowest BCUT2D eigenvalue weighted by Gasteiger charge is -2.24. The van der Waals surface area contributed by atoms with Gasteiger partial charge in [0.25, 0.3) is 0 Å². The Labute approximate surface area is 138 Å². The first-order valence-electron chi connectivity index (χ1n) is 6.93. The second-order valence-corrected chi connectivity index (χ2v) is 5.58. The topological polar surface area (TPSA) is 45.2 Å². The Kier molecular flexibility index (Phi) is 5.63. The SMILES string of the molecule is C[C@H](C(=O)Nc1cc(F)ccc1F)N(C)Cc1ccc(Cl)nc1. The van der Waals surface area contributed by atoms with E-state index >= 15 is 0 Å². The molecule has 1 heterocycles. The molecule has 0 saturated heterocycles. The van der Waals surface area contributed by atoms with Crippen molar-refractivity contribution in [2.45, 2.75) is 19.5 Å². The highest BCUT2D eigenvalue weighted by Gasteiger charge is 2.19. The average Bonchev–Trinajstić information content (AvgIpc) is 2.52. The van der Waals surface area contributed by atoms with Gasteiger partial charge in [0.2, 0.25) is 5.91 Å². The summed E-state index contributed by atoms with van der Waals surface area (Å²) in [6, 6.07) is 5.84. The van der Waals surface area contributed by atoms with Crippen LogP contribution in [0.4, 0.5) is 14.5 Å². The third kappa shape index (κ3) is 4.71. The number of amides is 1. The van der Waals surface area contributed by atoms with Gasteiger partial charge in [-0.05, 0) is 37.7 Å². The highest BCUT2D eigenvalue weighted by Crippen LogP contribution is 2.16. The smallest absolute Gasteiger partial charge is 0.241 e. The number of likely N-dealkylation sites (N-methyl/N-ethyl adjacent to an activating group) is 1. The molecule has 0 saturated carbocycles. The van der Waals surface area contributed by atoms with E-state index in [2.05, 4.69) is 10.3 Å². The van der Waals surface area contributed by atoms with Gasteiger partial charge in [-0.1, -0.05) is 17.7 Å². The van der Waals surface area contributed by atoms with Crippen LogP contribution in [0.2, 0.25) is 5.15 Å². The van der Waals surface area contributed by atoms with Crippen LogP contribution < -0.4 is 5.32 Å². The van der Waals surface area contributed by atoms with Gasteiger partial charge < -0.3 is 5.32 Å². The Morgan fingerprint density at radius 2 is 2.09 bits per heavy atom. The van der Waals surface area contributed by atoms with Crippen molar-refractivity contribution >= 4 is 23.2 Å².